The number of carbonyl (C=O) groups excluding carboxylic acids is 2. The maximum absolute atomic E-state index is 12.1. The maximum atomic E-state index is 12.1. The molecule has 0 aromatic carbocycles. The molecule has 2 aliphatic rings. The van der Waals surface area contributed by atoms with Gasteiger partial charge in [-0.25, -0.2) is 8.42 Å². The second kappa shape index (κ2) is 10.2. The Kier molecular flexibility index (Phi) is 8.53. The molecule has 0 bridgehead atoms. The van der Waals surface area contributed by atoms with Gasteiger partial charge in [0.05, 0.1) is 0 Å². The number of rotatable bonds is 17. The minimum Gasteiger partial charge on any atom is -0.369 e. The monoisotopic (exact) mass is 413 g/mol. The Morgan fingerprint density at radius 1 is 0.714 bits per heavy atom. The summed E-state index contributed by atoms with van der Waals surface area (Å²) < 4.78 is 22.6. The topological polar surface area (TPSA) is 94.3 Å². The van der Waals surface area contributed by atoms with Gasteiger partial charge in [0, 0.05) is 17.1 Å². The number of hydrogen-bond donors (Lipinski definition) is 1. The van der Waals surface area contributed by atoms with Crippen molar-refractivity contribution in [1.29, 1.82) is 0 Å². The Hall–Kier alpha value is -0.910. The number of unbranched alkanes of at least 4 members (excludes halogenated alkanes) is 9. The number of hydrogen-bond acceptors (Lipinski definition) is 4. The van der Waals surface area contributed by atoms with Gasteiger partial charge >= 0.3 is 0 Å². The van der Waals surface area contributed by atoms with Crippen molar-refractivity contribution in [1.82, 2.24) is 0 Å². The zero-order valence-corrected chi connectivity index (χ0v) is 18.5. The van der Waals surface area contributed by atoms with Gasteiger partial charge in [-0.1, -0.05) is 64.2 Å². The van der Waals surface area contributed by atoms with Crippen LogP contribution in [-0.2, 0) is 19.4 Å². The van der Waals surface area contributed by atoms with E-state index in [-0.39, 0.29) is 28.3 Å². The fourth-order valence-electron chi connectivity index (χ4n) is 4.32. The molecule has 1 amide bonds. The highest BCUT2D eigenvalue weighted by Gasteiger charge is 2.49. The lowest BCUT2D eigenvalue weighted by Gasteiger charge is -2.13. The van der Waals surface area contributed by atoms with Crippen molar-refractivity contribution >= 4 is 21.5 Å². The highest BCUT2D eigenvalue weighted by molar-refractivity contribution is 7.91. The van der Waals surface area contributed by atoms with Gasteiger partial charge in [-0.05, 0) is 38.5 Å². The molecule has 0 aromatic rings. The van der Waals surface area contributed by atoms with Crippen LogP contribution in [0.1, 0.15) is 103 Å². The van der Waals surface area contributed by atoms with Crippen LogP contribution in [0.15, 0.2) is 0 Å². The van der Waals surface area contributed by atoms with Crippen molar-refractivity contribution in [2.75, 3.05) is 12.0 Å². The number of primary amides is 1. The first-order valence-corrected chi connectivity index (χ1v) is 13.3. The van der Waals surface area contributed by atoms with Gasteiger partial charge in [0.1, 0.15) is 5.75 Å². The lowest BCUT2D eigenvalue weighted by atomic mass is 9.94. The van der Waals surface area contributed by atoms with Gasteiger partial charge in [0.2, 0.25) is 5.91 Å². The highest BCUT2D eigenvalue weighted by Crippen LogP contribution is 2.51. The number of amides is 1. The Morgan fingerprint density at radius 3 is 1.39 bits per heavy atom. The van der Waals surface area contributed by atoms with E-state index >= 15 is 0 Å². The second-order valence-electron chi connectivity index (χ2n) is 9.45. The standard InChI is InChI=1S/C22H39NO4S/c1-28(26,27)18-19(24)21(14-15-21)12-10-8-6-4-2-3-5-7-9-11-13-22(16-17-22)20(23)25/h2-18H2,1H3,(H2,23,25). The summed E-state index contributed by atoms with van der Waals surface area (Å²) >= 11 is 0. The molecule has 0 aliphatic heterocycles. The normalized spacial score (nSPS) is 19.3. The summed E-state index contributed by atoms with van der Waals surface area (Å²) in [5.41, 5.74) is 5.02. The minimum absolute atomic E-state index is 0.0570. The first-order valence-electron chi connectivity index (χ1n) is 11.2. The molecule has 2 fully saturated rings. The molecule has 6 heteroatoms. The van der Waals surface area contributed by atoms with E-state index in [0.717, 1.165) is 64.0 Å². The molecule has 162 valence electrons. The van der Waals surface area contributed by atoms with Crippen LogP contribution in [0.4, 0.5) is 0 Å². The van der Waals surface area contributed by atoms with Crippen LogP contribution < -0.4 is 5.73 Å². The maximum Gasteiger partial charge on any atom is 0.223 e. The summed E-state index contributed by atoms with van der Waals surface area (Å²) in [6, 6.07) is 0. The van der Waals surface area contributed by atoms with Gasteiger partial charge in [0.25, 0.3) is 0 Å². The molecular weight excluding hydrogens is 374 g/mol. The Morgan fingerprint density at radius 2 is 1.07 bits per heavy atom. The predicted octanol–water partition coefficient (Wildman–Crippen LogP) is 4.33. The summed E-state index contributed by atoms with van der Waals surface area (Å²) in [4.78, 5) is 23.5. The largest absolute Gasteiger partial charge is 0.369 e. The third kappa shape index (κ3) is 7.84. The van der Waals surface area contributed by atoms with E-state index in [1.165, 1.54) is 44.9 Å². The molecule has 5 nitrogen and oxygen atoms in total. The molecule has 0 spiro atoms. The molecule has 2 aliphatic carbocycles. The van der Waals surface area contributed by atoms with Crippen molar-refractivity contribution in [2.45, 2.75) is 103 Å². The van der Waals surface area contributed by atoms with Crippen LogP contribution in [0.2, 0.25) is 0 Å². The van der Waals surface area contributed by atoms with Crippen LogP contribution in [0, 0.1) is 10.8 Å². The van der Waals surface area contributed by atoms with Crippen LogP contribution in [0.3, 0.4) is 0 Å². The number of carbonyl (C=O) groups is 2. The Labute approximate surface area is 171 Å². The summed E-state index contributed by atoms with van der Waals surface area (Å²) in [5.74, 6) is -0.436. The van der Waals surface area contributed by atoms with Crippen LogP contribution in [0.25, 0.3) is 0 Å². The van der Waals surface area contributed by atoms with Gasteiger partial charge in [0.15, 0.2) is 15.6 Å². The predicted molar refractivity (Wildman–Crippen MR) is 113 cm³/mol. The summed E-state index contributed by atoms with van der Waals surface area (Å²) in [5, 5.41) is 0. The van der Waals surface area contributed by atoms with Crippen LogP contribution >= 0.6 is 0 Å². The van der Waals surface area contributed by atoms with Crippen LogP contribution in [-0.4, -0.2) is 32.1 Å². The molecular formula is C22H39NO4S. The Balaban J connectivity index is 1.38. The molecule has 2 N–H and O–H groups in total. The highest BCUT2D eigenvalue weighted by atomic mass is 32.2. The van der Waals surface area contributed by atoms with Crippen molar-refractivity contribution < 1.29 is 18.0 Å². The van der Waals surface area contributed by atoms with Crippen molar-refractivity contribution in [3.8, 4) is 0 Å². The molecule has 0 radical (unpaired) electrons. The van der Waals surface area contributed by atoms with Gasteiger partial charge in [-0.15, -0.1) is 0 Å². The molecule has 0 saturated heterocycles. The van der Waals surface area contributed by atoms with Crippen molar-refractivity contribution in [2.24, 2.45) is 16.6 Å². The quantitative estimate of drug-likeness (QED) is 0.359. The molecule has 2 rings (SSSR count). The second-order valence-corrected chi connectivity index (χ2v) is 11.6. The summed E-state index contributed by atoms with van der Waals surface area (Å²) in [6.45, 7) is 0. The molecule has 0 unspecified atom stereocenters. The average molecular weight is 414 g/mol. The fourth-order valence-corrected chi connectivity index (χ4v) is 5.10. The summed E-state index contributed by atoms with van der Waals surface area (Å²) in [7, 11) is -3.20. The Bertz CT molecular complexity index is 633. The third-order valence-electron chi connectivity index (χ3n) is 6.78. The van der Waals surface area contributed by atoms with E-state index in [1.807, 2.05) is 0 Å². The van der Waals surface area contributed by atoms with E-state index in [1.54, 1.807) is 0 Å². The van der Waals surface area contributed by atoms with Gasteiger partial charge in [-0.2, -0.15) is 0 Å². The zero-order chi connectivity index (χ0) is 20.7. The smallest absolute Gasteiger partial charge is 0.223 e. The van der Waals surface area contributed by atoms with E-state index in [0.29, 0.717) is 0 Å². The minimum atomic E-state index is -3.20. The van der Waals surface area contributed by atoms with Crippen molar-refractivity contribution in [3.05, 3.63) is 0 Å². The number of Topliss-reactive ketones (excluding diaryl/α,β-unsaturated/α-hetero) is 1. The molecule has 0 heterocycles. The van der Waals surface area contributed by atoms with Gasteiger partial charge in [-0.3, -0.25) is 9.59 Å². The summed E-state index contributed by atoms with van der Waals surface area (Å²) in [6.07, 6.45) is 18.8. The van der Waals surface area contributed by atoms with E-state index < -0.39 is 9.84 Å². The number of ketones is 1. The lowest BCUT2D eigenvalue weighted by molar-refractivity contribution is -0.123. The fraction of sp³-hybridized carbons (Fsp3) is 0.909. The number of sulfone groups is 1. The van der Waals surface area contributed by atoms with E-state index in [4.69, 9.17) is 5.73 Å². The molecule has 28 heavy (non-hydrogen) atoms. The van der Waals surface area contributed by atoms with Crippen LogP contribution in [0.5, 0.6) is 0 Å². The molecule has 0 aromatic heterocycles. The third-order valence-corrected chi connectivity index (χ3v) is 7.56. The average Bonchev–Trinajstić information content (AvgIpc) is 3.50. The SMILES string of the molecule is CS(=O)(=O)CC(=O)C1(CCCCCCCCCCCCC2(C(N)=O)CC2)CC1. The molecule has 2 saturated carbocycles. The lowest BCUT2D eigenvalue weighted by Crippen LogP contribution is -2.24. The first kappa shape index (κ1) is 23.4. The first-order chi connectivity index (χ1) is 13.2. The number of nitrogens with two attached hydrogens (primary N) is 1. The van der Waals surface area contributed by atoms with E-state index in [9.17, 15) is 18.0 Å². The molecule has 0 atom stereocenters. The zero-order valence-electron chi connectivity index (χ0n) is 17.6. The van der Waals surface area contributed by atoms with Gasteiger partial charge < -0.3 is 5.73 Å². The van der Waals surface area contributed by atoms with E-state index in [2.05, 4.69) is 0 Å². The van der Waals surface area contributed by atoms with Crippen molar-refractivity contribution in [3.63, 3.8) is 0 Å².